The maximum absolute atomic E-state index is 12.5. The van der Waals surface area contributed by atoms with Gasteiger partial charge in [-0.3, -0.25) is 4.79 Å². The van der Waals surface area contributed by atoms with E-state index in [0.29, 0.717) is 31.8 Å². The fourth-order valence-electron chi connectivity index (χ4n) is 3.85. The van der Waals surface area contributed by atoms with Crippen LogP contribution in [0, 0.1) is 12.8 Å². The quantitative estimate of drug-likeness (QED) is 0.908. The molecule has 2 atom stereocenters. The van der Waals surface area contributed by atoms with E-state index in [1.54, 1.807) is 11.3 Å². The third-order valence-electron chi connectivity index (χ3n) is 5.28. The van der Waals surface area contributed by atoms with E-state index in [0.717, 1.165) is 30.0 Å². The SMILES string of the molecule is Cc1nc(CC(=O)N2CCC3(CC2)C[C@H](O)C[C@H](C(C)C)O3)cs1. The Morgan fingerprint density at radius 2 is 2.21 bits per heavy atom. The molecular formula is C18H28N2O3S. The summed E-state index contributed by atoms with van der Waals surface area (Å²) in [6, 6.07) is 0. The molecule has 0 aromatic carbocycles. The van der Waals surface area contributed by atoms with E-state index in [9.17, 15) is 9.90 Å². The van der Waals surface area contributed by atoms with Crippen LogP contribution in [0.5, 0.6) is 0 Å². The van der Waals surface area contributed by atoms with Crippen LogP contribution < -0.4 is 0 Å². The monoisotopic (exact) mass is 352 g/mol. The Hall–Kier alpha value is -0.980. The van der Waals surface area contributed by atoms with Gasteiger partial charge in [0, 0.05) is 24.9 Å². The van der Waals surface area contributed by atoms with E-state index in [1.165, 1.54) is 0 Å². The third-order valence-corrected chi connectivity index (χ3v) is 6.11. The summed E-state index contributed by atoms with van der Waals surface area (Å²) >= 11 is 1.58. The fourth-order valence-corrected chi connectivity index (χ4v) is 4.46. The number of carbonyl (C=O) groups is 1. The van der Waals surface area contributed by atoms with E-state index >= 15 is 0 Å². The molecule has 2 fully saturated rings. The number of aromatic nitrogens is 1. The topological polar surface area (TPSA) is 62.7 Å². The van der Waals surface area contributed by atoms with Crippen LogP contribution in [-0.2, 0) is 16.0 Å². The summed E-state index contributed by atoms with van der Waals surface area (Å²) in [5.74, 6) is 0.552. The number of carbonyl (C=O) groups excluding carboxylic acids is 1. The zero-order valence-corrected chi connectivity index (χ0v) is 15.6. The highest BCUT2D eigenvalue weighted by molar-refractivity contribution is 7.09. The standard InChI is InChI=1S/C18H28N2O3S/c1-12(2)16-9-15(21)10-18(23-16)4-6-20(7-5-18)17(22)8-14-11-24-13(3)19-14/h11-12,15-16,21H,4-10H2,1-3H3/t15-,16-/m1/s1. The number of aliphatic hydroxyl groups is 1. The molecule has 6 heteroatoms. The summed E-state index contributed by atoms with van der Waals surface area (Å²) in [6.45, 7) is 7.66. The lowest BCUT2D eigenvalue weighted by Crippen LogP contribution is -2.54. The van der Waals surface area contributed by atoms with Gasteiger partial charge in [0.1, 0.15) is 0 Å². The van der Waals surface area contributed by atoms with Gasteiger partial charge in [-0.15, -0.1) is 11.3 Å². The Morgan fingerprint density at radius 1 is 1.50 bits per heavy atom. The number of hydrogen-bond donors (Lipinski definition) is 1. The molecule has 3 heterocycles. The van der Waals surface area contributed by atoms with Gasteiger partial charge < -0.3 is 14.7 Å². The number of rotatable bonds is 3. The van der Waals surface area contributed by atoms with Crippen LogP contribution in [0.4, 0.5) is 0 Å². The molecule has 3 rings (SSSR count). The molecule has 1 amide bonds. The van der Waals surface area contributed by atoms with Crippen molar-refractivity contribution in [3.05, 3.63) is 16.1 Å². The van der Waals surface area contributed by atoms with E-state index < -0.39 is 0 Å². The summed E-state index contributed by atoms with van der Waals surface area (Å²) in [7, 11) is 0. The normalized spacial score (nSPS) is 27.0. The Labute approximate surface area is 148 Å². The number of likely N-dealkylation sites (tertiary alicyclic amines) is 1. The molecule has 2 aliphatic rings. The van der Waals surface area contributed by atoms with Crippen LogP contribution in [0.3, 0.4) is 0 Å². The lowest BCUT2D eigenvalue weighted by atomic mass is 9.80. The molecule has 2 aliphatic heterocycles. The highest BCUT2D eigenvalue weighted by Crippen LogP contribution is 2.39. The molecule has 0 bridgehead atoms. The number of piperidine rings is 1. The van der Waals surface area contributed by atoms with Crippen molar-refractivity contribution in [1.82, 2.24) is 9.88 Å². The van der Waals surface area contributed by atoms with Crippen molar-refractivity contribution in [2.75, 3.05) is 13.1 Å². The molecule has 0 saturated carbocycles. The number of thiazole rings is 1. The summed E-state index contributed by atoms with van der Waals surface area (Å²) in [5, 5.41) is 13.2. The molecule has 0 aliphatic carbocycles. The van der Waals surface area contributed by atoms with E-state index in [4.69, 9.17) is 4.74 Å². The van der Waals surface area contributed by atoms with Gasteiger partial charge in [-0.25, -0.2) is 4.98 Å². The van der Waals surface area contributed by atoms with Crippen molar-refractivity contribution in [1.29, 1.82) is 0 Å². The van der Waals surface area contributed by atoms with Crippen molar-refractivity contribution < 1.29 is 14.6 Å². The van der Waals surface area contributed by atoms with Crippen LogP contribution in [0.1, 0.15) is 50.2 Å². The molecule has 0 unspecified atom stereocenters. The molecule has 1 N–H and O–H groups in total. The third kappa shape index (κ3) is 3.98. The van der Waals surface area contributed by atoms with Gasteiger partial charge in [0.25, 0.3) is 0 Å². The molecule has 1 aromatic rings. The minimum atomic E-state index is -0.286. The van der Waals surface area contributed by atoms with Gasteiger partial charge in [-0.1, -0.05) is 13.8 Å². The number of hydrogen-bond acceptors (Lipinski definition) is 5. The zero-order valence-electron chi connectivity index (χ0n) is 14.8. The average molecular weight is 352 g/mol. The summed E-state index contributed by atoms with van der Waals surface area (Å²) in [4.78, 5) is 18.8. The number of aliphatic hydroxyl groups excluding tert-OH is 1. The molecule has 2 saturated heterocycles. The maximum atomic E-state index is 12.5. The molecule has 1 spiro atoms. The zero-order chi connectivity index (χ0) is 17.3. The first-order valence-electron chi connectivity index (χ1n) is 8.91. The number of ether oxygens (including phenoxy) is 1. The van der Waals surface area contributed by atoms with Crippen LogP contribution >= 0.6 is 11.3 Å². The Morgan fingerprint density at radius 3 is 2.79 bits per heavy atom. The first-order chi connectivity index (χ1) is 11.4. The highest BCUT2D eigenvalue weighted by Gasteiger charge is 2.44. The first kappa shape index (κ1) is 17.8. The predicted octanol–water partition coefficient (Wildman–Crippen LogP) is 2.55. The number of nitrogens with zero attached hydrogens (tertiary/aromatic N) is 2. The van der Waals surface area contributed by atoms with Crippen molar-refractivity contribution in [3.63, 3.8) is 0 Å². The highest BCUT2D eigenvalue weighted by atomic mass is 32.1. The summed E-state index contributed by atoms with van der Waals surface area (Å²) in [6.07, 6.45) is 3.27. The van der Waals surface area contributed by atoms with Crippen molar-refractivity contribution in [2.45, 2.75) is 70.7 Å². The Balaban J connectivity index is 1.57. The van der Waals surface area contributed by atoms with E-state index in [2.05, 4.69) is 18.8 Å². The van der Waals surface area contributed by atoms with Crippen molar-refractivity contribution in [2.24, 2.45) is 5.92 Å². The van der Waals surface area contributed by atoms with E-state index in [1.807, 2.05) is 17.2 Å². The van der Waals surface area contributed by atoms with E-state index in [-0.39, 0.29) is 23.7 Å². The van der Waals surface area contributed by atoms with Crippen LogP contribution in [0.2, 0.25) is 0 Å². The second-order valence-electron chi connectivity index (χ2n) is 7.59. The smallest absolute Gasteiger partial charge is 0.228 e. The van der Waals surface area contributed by atoms with Gasteiger partial charge in [-0.2, -0.15) is 0 Å². The van der Waals surface area contributed by atoms with Gasteiger partial charge >= 0.3 is 0 Å². The minimum absolute atomic E-state index is 0.119. The first-order valence-corrected chi connectivity index (χ1v) is 9.79. The number of amides is 1. The second-order valence-corrected chi connectivity index (χ2v) is 8.65. The Kier molecular flexibility index (Phi) is 5.27. The molecule has 0 radical (unpaired) electrons. The fraction of sp³-hybridized carbons (Fsp3) is 0.778. The predicted molar refractivity (Wildman–Crippen MR) is 94.1 cm³/mol. The van der Waals surface area contributed by atoms with Crippen LogP contribution in [0.15, 0.2) is 5.38 Å². The lowest BCUT2D eigenvalue weighted by Gasteiger charge is -2.48. The Bertz CT molecular complexity index is 579. The van der Waals surface area contributed by atoms with Crippen molar-refractivity contribution >= 4 is 17.2 Å². The summed E-state index contributed by atoms with van der Waals surface area (Å²) < 4.78 is 6.39. The molecule has 5 nitrogen and oxygen atoms in total. The lowest BCUT2D eigenvalue weighted by molar-refractivity contribution is -0.193. The van der Waals surface area contributed by atoms with Crippen molar-refractivity contribution in [3.8, 4) is 0 Å². The number of aryl methyl sites for hydroxylation is 1. The molecule has 1 aromatic heterocycles. The average Bonchev–Trinajstić information content (AvgIpc) is 2.92. The minimum Gasteiger partial charge on any atom is -0.393 e. The molecular weight excluding hydrogens is 324 g/mol. The second kappa shape index (κ2) is 7.10. The molecule has 24 heavy (non-hydrogen) atoms. The summed E-state index contributed by atoms with van der Waals surface area (Å²) in [5.41, 5.74) is 0.618. The van der Waals surface area contributed by atoms with Crippen LogP contribution in [0.25, 0.3) is 0 Å². The van der Waals surface area contributed by atoms with Gasteiger partial charge in [0.2, 0.25) is 5.91 Å². The van der Waals surface area contributed by atoms with Gasteiger partial charge in [0.05, 0.1) is 34.9 Å². The maximum Gasteiger partial charge on any atom is 0.228 e. The molecule has 134 valence electrons. The van der Waals surface area contributed by atoms with Gasteiger partial charge in [-0.05, 0) is 32.1 Å². The van der Waals surface area contributed by atoms with Crippen LogP contribution in [-0.4, -0.2) is 51.8 Å². The van der Waals surface area contributed by atoms with Gasteiger partial charge in [0.15, 0.2) is 0 Å². The largest absolute Gasteiger partial charge is 0.393 e.